The molecule has 46 heavy (non-hydrogen) atoms. The third kappa shape index (κ3) is 9.08. The Bertz CT molecular complexity index is 1610. The van der Waals surface area contributed by atoms with Crippen LogP contribution in [0.4, 0.5) is 4.79 Å². The molecule has 250 valence electrons. The molecule has 2 aromatic carbocycles. The number of piperazine rings is 1. The monoisotopic (exact) mass is 654 g/mol. The quantitative estimate of drug-likeness (QED) is 0.172. The minimum atomic E-state index is -3.71. The number of nitrogens with zero attached hydrogens (tertiary/aromatic N) is 2. The van der Waals surface area contributed by atoms with Crippen molar-refractivity contribution in [2.24, 2.45) is 5.73 Å². The van der Waals surface area contributed by atoms with Crippen LogP contribution in [-0.2, 0) is 30.8 Å². The van der Waals surface area contributed by atoms with Crippen molar-refractivity contribution < 1.29 is 27.5 Å². The fourth-order valence-electron chi connectivity index (χ4n) is 5.35. The summed E-state index contributed by atoms with van der Waals surface area (Å²) in [5, 5.41) is 6.61. The number of amides is 3. The summed E-state index contributed by atoms with van der Waals surface area (Å²) >= 11 is 0. The first kappa shape index (κ1) is 34.9. The summed E-state index contributed by atoms with van der Waals surface area (Å²) in [6.07, 6.45) is 3.58. The number of para-hydroxylation sites is 1. The van der Waals surface area contributed by atoms with Crippen LogP contribution in [0.5, 0.6) is 0 Å². The number of hydrogen-bond donors (Lipinski definition) is 4. The number of hydrogen-bond acceptors (Lipinski definition) is 7. The zero-order valence-corrected chi connectivity index (χ0v) is 27.9. The van der Waals surface area contributed by atoms with Crippen LogP contribution < -0.4 is 16.4 Å². The van der Waals surface area contributed by atoms with Crippen LogP contribution in [0, 0.1) is 6.92 Å². The van der Waals surface area contributed by atoms with Crippen LogP contribution in [0.15, 0.2) is 59.6 Å². The Morgan fingerprint density at radius 3 is 2.28 bits per heavy atom. The van der Waals surface area contributed by atoms with E-state index in [1.54, 1.807) is 51.2 Å². The second kappa shape index (κ2) is 15.1. The number of carbonyl (C=O) groups excluding carboxylic acids is 3. The van der Waals surface area contributed by atoms with Gasteiger partial charge in [0.25, 0.3) is 0 Å². The Balaban J connectivity index is 1.49. The van der Waals surface area contributed by atoms with E-state index in [-0.39, 0.29) is 37.5 Å². The number of fused-ring (bicyclic) bond motifs is 1. The molecule has 1 saturated heterocycles. The Morgan fingerprint density at radius 1 is 0.957 bits per heavy atom. The second-order valence-electron chi connectivity index (χ2n) is 12.6. The van der Waals surface area contributed by atoms with Crippen molar-refractivity contribution in [2.75, 3.05) is 32.7 Å². The minimum absolute atomic E-state index is 0.116. The predicted molar refractivity (Wildman–Crippen MR) is 177 cm³/mol. The highest BCUT2D eigenvalue weighted by molar-refractivity contribution is 7.89. The third-order valence-electron chi connectivity index (χ3n) is 7.85. The molecule has 0 aliphatic carbocycles. The topological polar surface area (TPSA) is 167 Å². The smallest absolute Gasteiger partial charge is 0.329 e. The molecular formula is C33H46N6O6S. The molecular weight excluding hydrogens is 608 g/mol. The van der Waals surface area contributed by atoms with Gasteiger partial charge in [-0.25, -0.2) is 18.0 Å². The van der Waals surface area contributed by atoms with Gasteiger partial charge in [0.15, 0.2) is 0 Å². The average molecular weight is 655 g/mol. The van der Waals surface area contributed by atoms with Gasteiger partial charge in [-0.3, -0.25) is 4.79 Å². The van der Waals surface area contributed by atoms with E-state index >= 15 is 0 Å². The number of urea groups is 1. The van der Waals surface area contributed by atoms with Gasteiger partial charge < -0.3 is 31.0 Å². The van der Waals surface area contributed by atoms with Gasteiger partial charge in [0.1, 0.15) is 17.7 Å². The van der Waals surface area contributed by atoms with Crippen molar-refractivity contribution in [3.8, 4) is 0 Å². The minimum Gasteiger partial charge on any atom is -0.458 e. The summed E-state index contributed by atoms with van der Waals surface area (Å²) in [6, 6.07) is 11.9. The number of rotatable bonds is 12. The Hall–Kier alpha value is -3.94. The van der Waals surface area contributed by atoms with E-state index in [2.05, 4.69) is 15.6 Å². The molecule has 13 heteroatoms. The van der Waals surface area contributed by atoms with Crippen LogP contribution in [0.1, 0.15) is 51.2 Å². The molecule has 0 saturated carbocycles. The number of unbranched alkanes of at least 4 members (excludes halogenated alkanes) is 1. The fourth-order valence-corrected chi connectivity index (χ4v) is 6.77. The highest BCUT2D eigenvalue weighted by Crippen LogP contribution is 2.21. The van der Waals surface area contributed by atoms with Crippen LogP contribution >= 0.6 is 0 Å². The first-order chi connectivity index (χ1) is 21.8. The zero-order valence-electron chi connectivity index (χ0n) is 27.0. The van der Waals surface area contributed by atoms with Crippen molar-refractivity contribution in [1.29, 1.82) is 0 Å². The predicted octanol–water partition coefficient (Wildman–Crippen LogP) is 3.06. The standard InChI is InChI=1S/C33H46N6O6S/c1-23-12-14-25(15-13-23)46(43,44)39-19-17-38(18-20-39)32(42)37-29(21-24-22-35-27-10-6-5-9-26(24)27)30(40)36-28(11-7-8-16-34)31(41)45-33(2,3)4/h5-6,9-10,12-15,22,28-29,35H,7-8,11,16-21,34H2,1-4H3,(H,36,40)(H,37,42). The number of nitrogens with two attached hydrogens (primary N) is 1. The molecule has 1 aliphatic heterocycles. The molecule has 1 aromatic heterocycles. The number of ether oxygens (including phenoxy) is 1. The Morgan fingerprint density at radius 2 is 1.63 bits per heavy atom. The van der Waals surface area contributed by atoms with E-state index in [0.717, 1.165) is 22.0 Å². The van der Waals surface area contributed by atoms with Gasteiger partial charge in [-0.2, -0.15) is 4.31 Å². The number of aromatic amines is 1. The first-order valence-electron chi connectivity index (χ1n) is 15.7. The Labute approximate surface area is 271 Å². The normalized spacial score (nSPS) is 15.7. The van der Waals surface area contributed by atoms with Gasteiger partial charge >= 0.3 is 12.0 Å². The molecule has 0 bridgehead atoms. The van der Waals surface area contributed by atoms with Crippen molar-refractivity contribution >= 4 is 38.8 Å². The average Bonchev–Trinajstić information content (AvgIpc) is 3.42. The molecule has 2 atom stereocenters. The van der Waals surface area contributed by atoms with E-state index in [0.29, 0.717) is 25.8 Å². The number of H-pyrrole nitrogens is 1. The van der Waals surface area contributed by atoms with E-state index in [1.165, 1.54) is 9.21 Å². The Kier molecular flexibility index (Phi) is 11.5. The lowest BCUT2D eigenvalue weighted by molar-refractivity contribution is -0.159. The van der Waals surface area contributed by atoms with Crippen LogP contribution in [-0.4, -0.2) is 90.9 Å². The number of benzene rings is 2. The number of esters is 1. The van der Waals surface area contributed by atoms with Gasteiger partial charge in [-0.05, 0) is 77.3 Å². The molecule has 2 heterocycles. The molecule has 5 N–H and O–H groups in total. The highest BCUT2D eigenvalue weighted by Gasteiger charge is 2.34. The van der Waals surface area contributed by atoms with Crippen molar-refractivity contribution in [3.05, 3.63) is 65.9 Å². The van der Waals surface area contributed by atoms with E-state index in [9.17, 15) is 22.8 Å². The number of aromatic nitrogens is 1. The zero-order chi connectivity index (χ0) is 33.5. The fraction of sp³-hybridized carbons (Fsp3) is 0.485. The van der Waals surface area contributed by atoms with E-state index in [4.69, 9.17) is 10.5 Å². The summed E-state index contributed by atoms with van der Waals surface area (Å²) in [6.45, 7) is 8.15. The summed E-state index contributed by atoms with van der Waals surface area (Å²) < 4.78 is 33.3. The maximum Gasteiger partial charge on any atom is 0.329 e. The number of sulfonamides is 1. The highest BCUT2D eigenvalue weighted by atomic mass is 32.2. The summed E-state index contributed by atoms with van der Waals surface area (Å²) in [7, 11) is -3.71. The molecule has 12 nitrogen and oxygen atoms in total. The third-order valence-corrected chi connectivity index (χ3v) is 9.77. The lowest BCUT2D eigenvalue weighted by Crippen LogP contribution is -2.58. The van der Waals surface area contributed by atoms with Crippen LogP contribution in [0.3, 0.4) is 0 Å². The van der Waals surface area contributed by atoms with Gasteiger partial charge in [0.2, 0.25) is 15.9 Å². The molecule has 3 aromatic rings. The van der Waals surface area contributed by atoms with Crippen molar-refractivity contribution in [1.82, 2.24) is 24.8 Å². The van der Waals surface area contributed by atoms with Crippen molar-refractivity contribution in [2.45, 2.75) is 76.0 Å². The summed E-state index contributed by atoms with van der Waals surface area (Å²) in [5.41, 5.74) is 7.58. The molecule has 2 unspecified atom stereocenters. The molecule has 4 rings (SSSR count). The van der Waals surface area contributed by atoms with Gasteiger partial charge in [0, 0.05) is 49.7 Å². The van der Waals surface area contributed by atoms with Crippen molar-refractivity contribution in [3.63, 3.8) is 0 Å². The second-order valence-corrected chi connectivity index (χ2v) is 14.6. The van der Waals surface area contributed by atoms with Gasteiger partial charge in [-0.1, -0.05) is 35.9 Å². The van der Waals surface area contributed by atoms with Crippen LogP contribution in [0.25, 0.3) is 10.9 Å². The first-order valence-corrected chi connectivity index (χ1v) is 17.1. The largest absolute Gasteiger partial charge is 0.458 e. The molecule has 0 spiro atoms. The number of carbonyl (C=O) groups is 3. The maximum absolute atomic E-state index is 13.8. The molecule has 3 amide bonds. The SMILES string of the molecule is Cc1ccc(S(=O)(=O)N2CCN(C(=O)NC(Cc3c[nH]c4ccccc34)C(=O)NC(CCCCN)C(=O)OC(C)(C)C)CC2)cc1. The van der Waals surface area contributed by atoms with Gasteiger partial charge in [-0.15, -0.1) is 0 Å². The number of nitrogens with one attached hydrogen (secondary N) is 3. The number of aryl methyl sites for hydroxylation is 1. The lowest BCUT2D eigenvalue weighted by Gasteiger charge is -2.35. The van der Waals surface area contributed by atoms with Gasteiger partial charge in [0.05, 0.1) is 4.90 Å². The maximum atomic E-state index is 13.8. The summed E-state index contributed by atoms with van der Waals surface area (Å²) in [5.74, 6) is -1.08. The van der Waals surface area contributed by atoms with E-state index < -0.39 is 45.6 Å². The summed E-state index contributed by atoms with van der Waals surface area (Å²) in [4.78, 5) is 45.4. The molecule has 0 radical (unpaired) electrons. The lowest BCUT2D eigenvalue weighted by atomic mass is 10.0. The van der Waals surface area contributed by atoms with Crippen LogP contribution in [0.2, 0.25) is 0 Å². The van der Waals surface area contributed by atoms with E-state index in [1.807, 2.05) is 31.2 Å². The molecule has 1 fully saturated rings. The molecule has 1 aliphatic rings.